The zero-order valence-corrected chi connectivity index (χ0v) is 11.0. The standard InChI is InChI=1S/C14H18N2O2/c1-4-18-14(17)11(3)9-16-13-7-5-6-10(2)12(13)8-15/h5-7,11,16H,4,9H2,1-3H3. The van der Waals surface area contributed by atoms with Gasteiger partial charge < -0.3 is 10.1 Å². The van der Waals surface area contributed by atoms with Gasteiger partial charge in [0.2, 0.25) is 0 Å². The van der Waals surface area contributed by atoms with Gasteiger partial charge in [0, 0.05) is 6.54 Å². The molecule has 1 unspecified atom stereocenters. The molecular formula is C14H18N2O2. The van der Waals surface area contributed by atoms with Crippen molar-refractivity contribution in [3.8, 4) is 6.07 Å². The van der Waals surface area contributed by atoms with Crippen molar-refractivity contribution in [1.29, 1.82) is 5.26 Å². The van der Waals surface area contributed by atoms with Crippen LogP contribution in [0.15, 0.2) is 18.2 Å². The van der Waals surface area contributed by atoms with E-state index in [0.717, 1.165) is 11.3 Å². The van der Waals surface area contributed by atoms with E-state index in [1.165, 1.54) is 0 Å². The fourth-order valence-electron chi connectivity index (χ4n) is 1.59. The summed E-state index contributed by atoms with van der Waals surface area (Å²) in [6, 6.07) is 7.77. The van der Waals surface area contributed by atoms with Crippen LogP contribution in [0.4, 0.5) is 5.69 Å². The van der Waals surface area contributed by atoms with E-state index in [4.69, 9.17) is 10.00 Å². The van der Waals surface area contributed by atoms with Crippen molar-refractivity contribution < 1.29 is 9.53 Å². The van der Waals surface area contributed by atoms with Crippen LogP contribution in [-0.4, -0.2) is 19.1 Å². The number of nitriles is 1. The summed E-state index contributed by atoms with van der Waals surface area (Å²) in [6.45, 7) is 6.31. The first kappa shape index (κ1) is 14.0. The number of hydrogen-bond donors (Lipinski definition) is 1. The zero-order chi connectivity index (χ0) is 13.5. The number of carbonyl (C=O) groups is 1. The van der Waals surface area contributed by atoms with Gasteiger partial charge >= 0.3 is 5.97 Å². The Hall–Kier alpha value is -2.02. The summed E-state index contributed by atoms with van der Waals surface area (Å²) in [4.78, 5) is 11.5. The Morgan fingerprint density at radius 2 is 2.28 bits per heavy atom. The molecule has 1 rings (SSSR count). The molecule has 18 heavy (non-hydrogen) atoms. The molecule has 1 atom stereocenters. The third-order valence-electron chi connectivity index (χ3n) is 2.67. The van der Waals surface area contributed by atoms with Crippen LogP contribution in [0.5, 0.6) is 0 Å². The lowest BCUT2D eigenvalue weighted by Gasteiger charge is -2.14. The molecule has 0 saturated carbocycles. The first-order chi connectivity index (χ1) is 8.60. The minimum atomic E-state index is -0.239. The number of ether oxygens (including phenoxy) is 1. The van der Waals surface area contributed by atoms with Crippen molar-refractivity contribution in [1.82, 2.24) is 0 Å². The molecule has 0 aliphatic carbocycles. The van der Waals surface area contributed by atoms with Crippen molar-refractivity contribution in [2.45, 2.75) is 20.8 Å². The molecular weight excluding hydrogens is 228 g/mol. The predicted octanol–water partition coefficient (Wildman–Crippen LogP) is 2.48. The third kappa shape index (κ3) is 3.49. The van der Waals surface area contributed by atoms with Crippen molar-refractivity contribution in [2.24, 2.45) is 5.92 Å². The zero-order valence-electron chi connectivity index (χ0n) is 11.0. The van der Waals surface area contributed by atoms with E-state index in [2.05, 4.69) is 11.4 Å². The molecule has 0 amide bonds. The average Bonchev–Trinajstić information content (AvgIpc) is 2.36. The minimum absolute atomic E-state index is 0.226. The summed E-state index contributed by atoms with van der Waals surface area (Å²) in [5.41, 5.74) is 2.30. The Morgan fingerprint density at radius 1 is 1.56 bits per heavy atom. The lowest BCUT2D eigenvalue weighted by molar-refractivity contribution is -0.146. The molecule has 0 aliphatic heterocycles. The average molecular weight is 246 g/mol. The molecule has 0 spiro atoms. The van der Waals surface area contributed by atoms with Gasteiger partial charge in [-0.15, -0.1) is 0 Å². The Labute approximate surface area is 108 Å². The van der Waals surface area contributed by atoms with Crippen LogP contribution in [0.2, 0.25) is 0 Å². The molecule has 4 heteroatoms. The molecule has 0 saturated heterocycles. The number of rotatable bonds is 5. The summed E-state index contributed by atoms with van der Waals surface area (Å²) in [5.74, 6) is -0.465. The first-order valence-corrected chi connectivity index (χ1v) is 6.00. The highest BCUT2D eigenvalue weighted by Gasteiger charge is 2.14. The van der Waals surface area contributed by atoms with Crippen molar-refractivity contribution in [2.75, 3.05) is 18.5 Å². The van der Waals surface area contributed by atoms with Crippen LogP contribution in [0.25, 0.3) is 0 Å². The number of benzene rings is 1. The Balaban J connectivity index is 2.67. The molecule has 1 N–H and O–H groups in total. The van der Waals surface area contributed by atoms with Crippen LogP contribution < -0.4 is 5.32 Å². The summed E-state index contributed by atoms with van der Waals surface area (Å²) >= 11 is 0. The Morgan fingerprint density at radius 3 is 2.89 bits per heavy atom. The van der Waals surface area contributed by atoms with Crippen LogP contribution in [0, 0.1) is 24.2 Å². The normalized spacial score (nSPS) is 11.4. The molecule has 0 radical (unpaired) electrons. The second-order valence-corrected chi connectivity index (χ2v) is 4.14. The van der Waals surface area contributed by atoms with Crippen molar-refractivity contribution in [3.05, 3.63) is 29.3 Å². The van der Waals surface area contributed by atoms with Gasteiger partial charge in [-0.25, -0.2) is 0 Å². The molecule has 0 aliphatic rings. The quantitative estimate of drug-likeness (QED) is 0.811. The first-order valence-electron chi connectivity index (χ1n) is 6.00. The molecule has 1 aromatic carbocycles. The Bertz CT molecular complexity index is 463. The van der Waals surface area contributed by atoms with Gasteiger partial charge in [-0.2, -0.15) is 5.26 Å². The summed E-state index contributed by atoms with van der Waals surface area (Å²) in [6.07, 6.45) is 0. The monoisotopic (exact) mass is 246 g/mol. The van der Waals surface area contributed by atoms with Crippen LogP contribution in [0.1, 0.15) is 25.0 Å². The van der Waals surface area contributed by atoms with Gasteiger partial charge in [0.05, 0.1) is 23.8 Å². The van der Waals surface area contributed by atoms with Crippen LogP contribution in [-0.2, 0) is 9.53 Å². The van der Waals surface area contributed by atoms with Gasteiger partial charge in [0.25, 0.3) is 0 Å². The summed E-state index contributed by atoms with van der Waals surface area (Å²) < 4.78 is 4.93. The van der Waals surface area contributed by atoms with Crippen molar-refractivity contribution >= 4 is 11.7 Å². The van der Waals surface area contributed by atoms with Gasteiger partial charge in [-0.1, -0.05) is 19.1 Å². The largest absolute Gasteiger partial charge is 0.466 e. The Kier molecular flexibility index (Phi) is 5.19. The second kappa shape index (κ2) is 6.65. The maximum absolute atomic E-state index is 11.5. The van der Waals surface area contributed by atoms with E-state index in [1.54, 1.807) is 13.8 Å². The number of anilines is 1. The van der Waals surface area contributed by atoms with Crippen LogP contribution in [0.3, 0.4) is 0 Å². The van der Waals surface area contributed by atoms with Gasteiger partial charge in [-0.3, -0.25) is 4.79 Å². The number of nitrogens with one attached hydrogen (secondary N) is 1. The van der Waals surface area contributed by atoms with Gasteiger partial charge in [0.1, 0.15) is 6.07 Å². The van der Waals surface area contributed by atoms with Crippen LogP contribution >= 0.6 is 0 Å². The smallest absolute Gasteiger partial charge is 0.310 e. The van der Waals surface area contributed by atoms with E-state index >= 15 is 0 Å². The SMILES string of the molecule is CCOC(=O)C(C)CNc1cccc(C)c1C#N. The number of esters is 1. The molecule has 0 bridgehead atoms. The highest BCUT2D eigenvalue weighted by Crippen LogP contribution is 2.18. The lowest BCUT2D eigenvalue weighted by atomic mass is 10.1. The van der Waals surface area contributed by atoms with Gasteiger partial charge in [0.15, 0.2) is 0 Å². The molecule has 0 aromatic heterocycles. The third-order valence-corrected chi connectivity index (χ3v) is 2.67. The molecule has 1 aromatic rings. The van der Waals surface area contributed by atoms with E-state index in [1.807, 2.05) is 25.1 Å². The summed E-state index contributed by atoms with van der Waals surface area (Å²) in [7, 11) is 0. The highest BCUT2D eigenvalue weighted by atomic mass is 16.5. The lowest BCUT2D eigenvalue weighted by Crippen LogP contribution is -2.22. The molecule has 0 fully saturated rings. The fraction of sp³-hybridized carbons (Fsp3) is 0.429. The minimum Gasteiger partial charge on any atom is -0.466 e. The maximum Gasteiger partial charge on any atom is 0.310 e. The number of hydrogen-bond acceptors (Lipinski definition) is 4. The van der Waals surface area contributed by atoms with E-state index < -0.39 is 0 Å². The van der Waals surface area contributed by atoms with Crippen molar-refractivity contribution in [3.63, 3.8) is 0 Å². The highest BCUT2D eigenvalue weighted by molar-refractivity contribution is 5.73. The van der Waals surface area contributed by atoms with E-state index in [0.29, 0.717) is 18.7 Å². The molecule has 4 nitrogen and oxygen atoms in total. The number of aryl methyl sites for hydroxylation is 1. The number of nitrogens with zero attached hydrogens (tertiary/aromatic N) is 1. The topological polar surface area (TPSA) is 62.1 Å². The molecule has 96 valence electrons. The molecule has 0 heterocycles. The van der Waals surface area contributed by atoms with E-state index in [-0.39, 0.29) is 11.9 Å². The van der Waals surface area contributed by atoms with Gasteiger partial charge in [-0.05, 0) is 25.5 Å². The van der Waals surface area contributed by atoms with E-state index in [9.17, 15) is 4.79 Å². The number of carbonyl (C=O) groups excluding carboxylic acids is 1. The summed E-state index contributed by atoms with van der Waals surface area (Å²) in [5, 5.41) is 12.2. The second-order valence-electron chi connectivity index (χ2n) is 4.14. The predicted molar refractivity (Wildman–Crippen MR) is 70.2 cm³/mol. The maximum atomic E-state index is 11.5. The fourth-order valence-corrected chi connectivity index (χ4v) is 1.59.